The topological polar surface area (TPSA) is 152 Å². The number of aliphatic carboxylic acids is 1. The molecule has 2 heterocycles. The van der Waals surface area contributed by atoms with E-state index >= 15 is 0 Å². The van der Waals surface area contributed by atoms with Crippen LogP contribution in [0.3, 0.4) is 0 Å². The summed E-state index contributed by atoms with van der Waals surface area (Å²) < 4.78 is 62.9. The lowest BCUT2D eigenvalue weighted by molar-refractivity contribution is -0.750. The van der Waals surface area contributed by atoms with E-state index in [1.54, 1.807) is 19.3 Å². The predicted molar refractivity (Wildman–Crippen MR) is 72.3 cm³/mol. The summed E-state index contributed by atoms with van der Waals surface area (Å²) >= 11 is 0. The van der Waals surface area contributed by atoms with Crippen molar-refractivity contribution in [2.24, 2.45) is 7.05 Å². The first-order chi connectivity index (χ1) is 11.4. The van der Waals surface area contributed by atoms with Crippen molar-refractivity contribution in [3.63, 3.8) is 0 Å². The fourth-order valence-corrected chi connectivity index (χ4v) is 1.68. The number of hydrogen-bond acceptors (Lipinski definition) is 7. The maximum atomic E-state index is 10.6. The SMILES string of the molecule is Cn1nnc(-c2cc[n+](CCS(=O)(=O)O)nc2)n1.O=C(O)C(F)(F)F. The van der Waals surface area contributed by atoms with Crippen LogP contribution < -0.4 is 4.68 Å². The summed E-state index contributed by atoms with van der Waals surface area (Å²) in [4.78, 5) is 10.2. The first-order valence-corrected chi connectivity index (χ1v) is 7.85. The molecular weight excluding hydrogens is 373 g/mol. The molecule has 0 aliphatic carbocycles. The Morgan fingerprint density at radius 2 is 2.00 bits per heavy atom. The van der Waals surface area contributed by atoms with Crippen LogP contribution in [0.4, 0.5) is 13.2 Å². The number of tetrazole rings is 1. The molecular formula is C10H12F3N6O5S+. The minimum Gasteiger partial charge on any atom is -0.475 e. The van der Waals surface area contributed by atoms with Crippen molar-refractivity contribution in [1.82, 2.24) is 25.3 Å². The van der Waals surface area contributed by atoms with Gasteiger partial charge in [0.25, 0.3) is 10.1 Å². The van der Waals surface area contributed by atoms with Crippen LogP contribution in [-0.2, 0) is 28.5 Å². The Hall–Kier alpha value is -2.68. The molecule has 15 heteroatoms. The van der Waals surface area contributed by atoms with Gasteiger partial charge in [0, 0.05) is 6.07 Å². The summed E-state index contributed by atoms with van der Waals surface area (Å²) in [6, 6.07) is 1.69. The summed E-state index contributed by atoms with van der Waals surface area (Å²) in [6.07, 6.45) is -2.00. The van der Waals surface area contributed by atoms with Gasteiger partial charge in [-0.1, -0.05) is 4.68 Å². The summed E-state index contributed by atoms with van der Waals surface area (Å²) in [5.74, 6) is -2.70. The number of carbonyl (C=O) groups is 1. The molecule has 2 N–H and O–H groups in total. The van der Waals surface area contributed by atoms with Gasteiger partial charge in [-0.3, -0.25) is 4.55 Å². The first kappa shape index (κ1) is 20.4. The third-order valence-corrected chi connectivity index (χ3v) is 3.06. The summed E-state index contributed by atoms with van der Waals surface area (Å²) in [5.41, 5.74) is 0.672. The number of carboxylic acids is 1. The van der Waals surface area contributed by atoms with Gasteiger partial charge in [0.1, 0.15) is 11.9 Å². The quantitative estimate of drug-likeness (QED) is 0.503. The highest BCUT2D eigenvalue weighted by Gasteiger charge is 2.38. The van der Waals surface area contributed by atoms with Crippen molar-refractivity contribution in [3.8, 4) is 11.4 Å². The van der Waals surface area contributed by atoms with Gasteiger partial charge in [-0.05, 0) is 10.3 Å². The number of alkyl halides is 3. The van der Waals surface area contributed by atoms with Gasteiger partial charge in [-0.2, -0.15) is 26.4 Å². The molecule has 0 atom stereocenters. The Kier molecular flexibility index (Phi) is 6.46. The number of halogens is 3. The van der Waals surface area contributed by atoms with E-state index in [4.69, 9.17) is 14.5 Å². The van der Waals surface area contributed by atoms with Crippen molar-refractivity contribution in [2.75, 3.05) is 5.75 Å². The molecule has 2 aromatic rings. The molecule has 138 valence electrons. The minimum atomic E-state index is -5.08. The van der Waals surface area contributed by atoms with Gasteiger partial charge in [0.2, 0.25) is 5.82 Å². The van der Waals surface area contributed by atoms with Crippen LogP contribution in [0.2, 0.25) is 0 Å². The highest BCUT2D eigenvalue weighted by Crippen LogP contribution is 2.13. The number of carboxylic acid groups (broad SMARTS) is 1. The van der Waals surface area contributed by atoms with Gasteiger partial charge in [-0.25, -0.2) is 4.79 Å². The van der Waals surface area contributed by atoms with Crippen LogP contribution in [0.5, 0.6) is 0 Å². The molecule has 0 radical (unpaired) electrons. The molecule has 2 rings (SSSR count). The lowest BCUT2D eigenvalue weighted by Crippen LogP contribution is -2.40. The van der Waals surface area contributed by atoms with E-state index in [0.29, 0.717) is 11.4 Å². The molecule has 0 saturated heterocycles. The Labute approximate surface area is 138 Å². The lowest BCUT2D eigenvalue weighted by atomic mass is 10.3. The smallest absolute Gasteiger partial charge is 0.475 e. The molecule has 0 bridgehead atoms. The zero-order valence-electron chi connectivity index (χ0n) is 12.5. The number of hydrogen-bond donors (Lipinski definition) is 2. The summed E-state index contributed by atoms with van der Waals surface area (Å²) in [6.45, 7) is 0.0764. The first-order valence-electron chi connectivity index (χ1n) is 6.24. The molecule has 0 aliphatic heterocycles. The van der Waals surface area contributed by atoms with Gasteiger partial charge < -0.3 is 5.11 Å². The fourth-order valence-electron chi connectivity index (χ4n) is 1.26. The molecule has 0 fully saturated rings. The highest BCUT2D eigenvalue weighted by molar-refractivity contribution is 7.85. The number of rotatable bonds is 4. The van der Waals surface area contributed by atoms with Crippen molar-refractivity contribution >= 4 is 16.1 Å². The van der Waals surface area contributed by atoms with Crippen molar-refractivity contribution < 1.29 is 40.7 Å². The van der Waals surface area contributed by atoms with Crippen LogP contribution >= 0.6 is 0 Å². The minimum absolute atomic E-state index is 0.0764. The Morgan fingerprint density at radius 3 is 2.36 bits per heavy atom. The van der Waals surface area contributed by atoms with Crippen molar-refractivity contribution in [1.29, 1.82) is 0 Å². The van der Waals surface area contributed by atoms with Crippen LogP contribution in [0.15, 0.2) is 18.5 Å². The molecule has 0 aromatic carbocycles. The average molecular weight is 385 g/mol. The van der Waals surface area contributed by atoms with Crippen molar-refractivity contribution in [3.05, 3.63) is 18.5 Å². The standard InChI is InChI=1S/C8H10N6O3S.C2HF3O2/c1-13-11-8(10-12-13)7-2-3-14(9-6-7)4-5-18(15,16)17;3-2(4,5)1(6)7/h2-3,6H,4-5H2,1H3;(H,6,7)/p+1. The van der Waals surface area contributed by atoms with Crippen LogP contribution in [-0.4, -0.2) is 61.3 Å². The number of aryl methyl sites for hydroxylation is 2. The van der Waals surface area contributed by atoms with E-state index in [0.717, 1.165) is 0 Å². The van der Waals surface area contributed by atoms with E-state index < -0.39 is 22.3 Å². The second kappa shape index (κ2) is 7.93. The van der Waals surface area contributed by atoms with Gasteiger partial charge in [0.15, 0.2) is 12.7 Å². The lowest BCUT2D eigenvalue weighted by Gasteiger charge is -1.94. The largest absolute Gasteiger partial charge is 0.490 e. The zero-order chi connectivity index (χ0) is 19.3. The Balaban J connectivity index is 0.000000381. The van der Waals surface area contributed by atoms with E-state index in [9.17, 15) is 21.6 Å². The Bertz CT molecular complexity index is 820. The van der Waals surface area contributed by atoms with E-state index in [-0.39, 0.29) is 12.3 Å². The molecule has 11 nitrogen and oxygen atoms in total. The maximum absolute atomic E-state index is 10.6. The zero-order valence-corrected chi connectivity index (χ0v) is 13.3. The van der Waals surface area contributed by atoms with Crippen LogP contribution in [0.1, 0.15) is 0 Å². The monoisotopic (exact) mass is 385 g/mol. The van der Waals surface area contributed by atoms with Crippen LogP contribution in [0.25, 0.3) is 11.4 Å². The third kappa shape index (κ3) is 7.62. The third-order valence-electron chi connectivity index (χ3n) is 2.36. The normalized spacial score (nSPS) is 11.6. The maximum Gasteiger partial charge on any atom is 0.490 e. The van der Waals surface area contributed by atoms with Gasteiger partial charge >= 0.3 is 12.1 Å². The van der Waals surface area contributed by atoms with Gasteiger partial charge in [0.05, 0.1) is 12.6 Å². The summed E-state index contributed by atoms with van der Waals surface area (Å²) in [7, 11) is -2.33. The second-order valence-corrected chi connectivity index (χ2v) is 5.94. The highest BCUT2D eigenvalue weighted by atomic mass is 32.2. The van der Waals surface area contributed by atoms with E-state index in [2.05, 4.69) is 20.5 Å². The fraction of sp³-hybridized carbons (Fsp3) is 0.400. The molecule has 0 aliphatic rings. The predicted octanol–water partition coefficient (Wildman–Crippen LogP) is -0.919. The number of aromatic nitrogens is 6. The summed E-state index contributed by atoms with van der Waals surface area (Å²) in [5, 5.41) is 22.6. The Morgan fingerprint density at radius 1 is 1.40 bits per heavy atom. The molecule has 0 saturated carbocycles. The van der Waals surface area contributed by atoms with Crippen molar-refractivity contribution in [2.45, 2.75) is 12.7 Å². The van der Waals surface area contributed by atoms with E-state index in [1.165, 1.54) is 15.7 Å². The van der Waals surface area contributed by atoms with Gasteiger partial charge in [-0.15, -0.1) is 10.2 Å². The molecule has 0 unspecified atom stereocenters. The molecule has 0 spiro atoms. The van der Waals surface area contributed by atoms with E-state index in [1.807, 2.05) is 0 Å². The van der Waals surface area contributed by atoms with Crippen LogP contribution in [0, 0.1) is 0 Å². The second-order valence-electron chi connectivity index (χ2n) is 4.37. The molecule has 2 aromatic heterocycles. The number of nitrogens with zero attached hydrogens (tertiary/aromatic N) is 6. The average Bonchev–Trinajstić information content (AvgIpc) is 2.91. The molecule has 25 heavy (non-hydrogen) atoms. The molecule has 0 amide bonds.